The van der Waals surface area contributed by atoms with E-state index in [0.29, 0.717) is 0 Å². The van der Waals surface area contributed by atoms with E-state index < -0.39 is 0 Å². The normalized spacial score (nSPS) is 11.7. The van der Waals surface area contributed by atoms with E-state index in [-0.39, 0.29) is 0 Å². The number of nitrogens with zero attached hydrogens (tertiary/aromatic N) is 2. The van der Waals surface area contributed by atoms with Gasteiger partial charge >= 0.3 is 0 Å². The second-order valence-corrected chi connectivity index (χ2v) is 15.3. The fraction of sp³-hybridized carbons (Fsp3) is 0. The predicted octanol–water partition coefficient (Wildman–Crippen LogP) is 16.4. The maximum atomic E-state index is 6.51. The van der Waals surface area contributed by atoms with E-state index in [2.05, 4.69) is 204 Å². The Kier molecular flexibility index (Phi) is 7.82. The first-order chi connectivity index (χ1) is 29.8. The molecule has 0 atom stereocenters. The van der Waals surface area contributed by atoms with Crippen molar-refractivity contribution in [3.05, 3.63) is 218 Å². The molecule has 282 valence electrons. The molecule has 0 saturated carbocycles. The fourth-order valence-corrected chi connectivity index (χ4v) is 9.12. The Morgan fingerprint density at radius 1 is 0.250 bits per heavy atom. The number of para-hydroxylation sites is 4. The summed E-state index contributed by atoms with van der Waals surface area (Å²) in [5.41, 5.74) is 11.9. The number of hydrogen-bond acceptors (Lipinski definition) is 4. The highest BCUT2D eigenvalue weighted by Crippen LogP contribution is 2.49. The molecule has 0 amide bonds. The molecule has 12 rings (SSSR count). The van der Waals surface area contributed by atoms with Crippen molar-refractivity contribution in [1.82, 2.24) is 0 Å². The van der Waals surface area contributed by atoms with Crippen LogP contribution in [-0.2, 0) is 0 Å². The van der Waals surface area contributed by atoms with Gasteiger partial charge in [-0.25, -0.2) is 0 Å². The molecule has 10 aromatic carbocycles. The van der Waals surface area contributed by atoms with Crippen LogP contribution in [0.5, 0.6) is 0 Å². The first kappa shape index (κ1) is 34.0. The number of hydrogen-bond donors (Lipinski definition) is 0. The van der Waals surface area contributed by atoms with Gasteiger partial charge in [-0.05, 0) is 71.4 Å². The van der Waals surface area contributed by atoms with Gasteiger partial charge in [-0.3, -0.25) is 0 Å². The Labute approximate surface area is 346 Å². The Bertz CT molecular complexity index is 3350. The Morgan fingerprint density at radius 3 is 1.08 bits per heavy atom. The minimum absolute atomic E-state index is 0.847. The molecule has 60 heavy (non-hydrogen) atoms. The fourth-order valence-electron chi connectivity index (χ4n) is 9.12. The van der Waals surface area contributed by atoms with E-state index in [1.165, 1.54) is 10.8 Å². The molecule has 12 aromatic rings. The summed E-state index contributed by atoms with van der Waals surface area (Å²) in [7, 11) is 0. The van der Waals surface area contributed by atoms with Crippen LogP contribution in [0, 0.1) is 0 Å². The van der Waals surface area contributed by atoms with E-state index in [9.17, 15) is 0 Å². The number of benzene rings is 10. The zero-order valence-electron chi connectivity index (χ0n) is 32.5. The maximum absolute atomic E-state index is 6.51. The van der Waals surface area contributed by atoms with Crippen molar-refractivity contribution >= 4 is 99.5 Å². The topological polar surface area (TPSA) is 32.8 Å². The summed E-state index contributed by atoms with van der Waals surface area (Å²) in [6.07, 6.45) is 0. The van der Waals surface area contributed by atoms with Gasteiger partial charge in [0.05, 0.1) is 22.7 Å². The molecule has 0 bridgehead atoms. The predicted molar refractivity (Wildman–Crippen MR) is 251 cm³/mol. The summed E-state index contributed by atoms with van der Waals surface area (Å²) in [4.78, 5) is 4.79. The van der Waals surface area contributed by atoms with Crippen LogP contribution in [-0.4, -0.2) is 0 Å². The van der Waals surface area contributed by atoms with Crippen molar-refractivity contribution in [2.45, 2.75) is 0 Å². The monoisotopic (exact) mass is 768 g/mol. The van der Waals surface area contributed by atoms with Crippen molar-refractivity contribution in [1.29, 1.82) is 0 Å². The quantitative estimate of drug-likeness (QED) is 0.162. The Balaban J connectivity index is 1.11. The molecular weight excluding hydrogens is 733 g/mol. The van der Waals surface area contributed by atoms with E-state index in [4.69, 9.17) is 8.83 Å². The van der Waals surface area contributed by atoms with Crippen LogP contribution in [0.15, 0.2) is 227 Å². The molecular formula is C56H36N2O2. The van der Waals surface area contributed by atoms with Crippen LogP contribution in [0.1, 0.15) is 0 Å². The molecule has 2 heterocycles. The van der Waals surface area contributed by atoms with Crippen molar-refractivity contribution < 1.29 is 8.83 Å². The van der Waals surface area contributed by atoms with Gasteiger partial charge in [-0.1, -0.05) is 146 Å². The summed E-state index contributed by atoms with van der Waals surface area (Å²) in [5, 5.41) is 9.07. The largest absolute Gasteiger partial charge is 0.456 e. The third-order valence-electron chi connectivity index (χ3n) is 11.8. The average molecular weight is 769 g/mol. The van der Waals surface area contributed by atoms with Gasteiger partial charge in [0, 0.05) is 67.0 Å². The highest BCUT2D eigenvalue weighted by atomic mass is 16.3. The third-order valence-corrected chi connectivity index (χ3v) is 11.8. The van der Waals surface area contributed by atoms with Gasteiger partial charge in [0.25, 0.3) is 0 Å². The first-order valence-corrected chi connectivity index (χ1v) is 20.3. The van der Waals surface area contributed by atoms with E-state index in [1.54, 1.807) is 0 Å². The summed E-state index contributed by atoms with van der Waals surface area (Å²) in [6, 6.07) is 77.6. The van der Waals surface area contributed by atoms with Crippen molar-refractivity contribution in [2.24, 2.45) is 0 Å². The number of rotatable bonds is 7. The highest BCUT2D eigenvalue weighted by Gasteiger charge is 2.25. The highest BCUT2D eigenvalue weighted by molar-refractivity contribution is 6.10. The minimum Gasteiger partial charge on any atom is -0.456 e. The number of anilines is 6. The van der Waals surface area contributed by atoms with Crippen LogP contribution in [0.25, 0.3) is 76.5 Å². The van der Waals surface area contributed by atoms with Gasteiger partial charge < -0.3 is 18.6 Å². The van der Waals surface area contributed by atoms with Crippen molar-refractivity contribution in [2.75, 3.05) is 9.80 Å². The zero-order valence-corrected chi connectivity index (χ0v) is 32.5. The van der Waals surface area contributed by atoms with Gasteiger partial charge in [0.2, 0.25) is 0 Å². The maximum Gasteiger partial charge on any atom is 0.137 e. The summed E-state index contributed by atoms with van der Waals surface area (Å²) in [6.45, 7) is 0. The van der Waals surface area contributed by atoms with E-state index in [0.717, 1.165) is 99.9 Å². The molecule has 0 N–H and O–H groups in total. The average Bonchev–Trinajstić information content (AvgIpc) is 3.87. The lowest BCUT2D eigenvalue weighted by Crippen LogP contribution is -2.14. The van der Waals surface area contributed by atoms with Gasteiger partial charge in [-0.15, -0.1) is 0 Å². The van der Waals surface area contributed by atoms with Gasteiger partial charge in [0.15, 0.2) is 0 Å². The van der Waals surface area contributed by atoms with Crippen molar-refractivity contribution in [3.8, 4) is 11.1 Å². The molecule has 0 fully saturated rings. The summed E-state index contributed by atoms with van der Waals surface area (Å²) >= 11 is 0. The van der Waals surface area contributed by atoms with Gasteiger partial charge in [0.1, 0.15) is 22.3 Å². The number of fused-ring (bicyclic) bond motifs is 8. The smallest absolute Gasteiger partial charge is 0.137 e. The Morgan fingerprint density at radius 2 is 0.600 bits per heavy atom. The van der Waals surface area contributed by atoms with Gasteiger partial charge in [-0.2, -0.15) is 0 Å². The molecule has 4 nitrogen and oxygen atoms in total. The molecule has 0 saturated heterocycles. The molecule has 0 radical (unpaired) electrons. The van der Waals surface area contributed by atoms with E-state index in [1.807, 2.05) is 24.3 Å². The Hall–Kier alpha value is -8.08. The molecule has 0 aliphatic rings. The second kappa shape index (κ2) is 13.8. The van der Waals surface area contributed by atoms with Crippen LogP contribution >= 0.6 is 0 Å². The summed E-state index contributed by atoms with van der Waals surface area (Å²) in [5.74, 6) is 0. The van der Waals surface area contributed by atoms with Crippen molar-refractivity contribution in [3.63, 3.8) is 0 Å². The molecule has 2 aromatic heterocycles. The lowest BCUT2D eigenvalue weighted by atomic mass is 9.97. The number of furan rings is 2. The third kappa shape index (κ3) is 5.46. The second-order valence-electron chi connectivity index (χ2n) is 15.3. The zero-order chi connectivity index (χ0) is 39.6. The van der Waals surface area contributed by atoms with Crippen LogP contribution in [0.3, 0.4) is 0 Å². The SMILES string of the molecule is c1ccc(N(c2ccc3c(c2)oc2ccccc23)c2cccc3ccccc23)c(-c2ccccc2N(c2ccc3c(c2)oc2ccccc23)c2cccc3ccccc23)c1. The molecule has 0 unspecified atom stereocenters. The lowest BCUT2D eigenvalue weighted by Gasteiger charge is -2.32. The van der Waals surface area contributed by atoms with Crippen LogP contribution < -0.4 is 9.80 Å². The van der Waals surface area contributed by atoms with Crippen LogP contribution in [0.4, 0.5) is 34.1 Å². The molecule has 0 aliphatic heterocycles. The lowest BCUT2D eigenvalue weighted by molar-refractivity contribution is 0.668. The molecule has 0 aliphatic carbocycles. The first-order valence-electron chi connectivity index (χ1n) is 20.3. The summed E-state index contributed by atoms with van der Waals surface area (Å²) < 4.78 is 13.0. The molecule has 4 heteroatoms. The van der Waals surface area contributed by atoms with Crippen LogP contribution in [0.2, 0.25) is 0 Å². The van der Waals surface area contributed by atoms with E-state index >= 15 is 0 Å². The minimum atomic E-state index is 0.847. The standard InChI is InChI=1S/C56H36N2O2/c1-3-19-41-37(15-1)17-13-27-49(41)57(39-31-33-47-45-23-7-11-29-53(45)59-55(47)35-39)51-25-9-5-21-43(51)44-22-6-10-26-52(44)58(50-28-14-18-38-16-2-4-20-42(38)50)40-32-34-48-46-24-8-12-30-54(46)60-56(48)36-40/h1-36H. The molecule has 0 spiro atoms.